The average Bonchev–Trinajstić information content (AvgIpc) is 2.55. The van der Waals surface area contributed by atoms with E-state index in [0.29, 0.717) is 33.1 Å². The van der Waals surface area contributed by atoms with Crippen LogP contribution in [0.25, 0.3) is 16.6 Å². The predicted molar refractivity (Wildman–Crippen MR) is 85.5 cm³/mol. The highest BCUT2D eigenvalue weighted by atomic mass is 35.5. The van der Waals surface area contributed by atoms with Crippen LogP contribution in [0.3, 0.4) is 0 Å². The smallest absolute Gasteiger partial charge is 0.265 e. The summed E-state index contributed by atoms with van der Waals surface area (Å²) in [7, 11) is 3.11. The third kappa shape index (κ3) is 2.40. The summed E-state index contributed by atoms with van der Waals surface area (Å²) < 4.78 is 11.9. The van der Waals surface area contributed by atoms with Gasteiger partial charge in [0.2, 0.25) is 0 Å². The highest BCUT2D eigenvalue weighted by Crippen LogP contribution is 2.27. The number of ether oxygens (including phenoxy) is 2. The van der Waals surface area contributed by atoms with Gasteiger partial charge in [-0.1, -0.05) is 11.6 Å². The predicted octanol–water partition coefficient (Wildman–Crippen LogP) is 3.06. The Morgan fingerprint density at radius 1 is 1.09 bits per heavy atom. The van der Waals surface area contributed by atoms with Crippen molar-refractivity contribution < 1.29 is 9.47 Å². The van der Waals surface area contributed by atoms with E-state index >= 15 is 0 Å². The summed E-state index contributed by atoms with van der Waals surface area (Å²) in [5, 5.41) is 0.943. The zero-order valence-corrected chi connectivity index (χ0v) is 12.8. The molecule has 0 fully saturated rings. The fraction of sp³-hybridized carbons (Fsp3) is 0.125. The second kappa shape index (κ2) is 5.69. The van der Waals surface area contributed by atoms with Crippen LogP contribution in [0.1, 0.15) is 0 Å². The minimum atomic E-state index is -0.212. The van der Waals surface area contributed by atoms with Crippen LogP contribution in [0, 0.1) is 0 Å². The van der Waals surface area contributed by atoms with Gasteiger partial charge in [-0.3, -0.25) is 9.36 Å². The summed E-state index contributed by atoms with van der Waals surface area (Å²) in [6.45, 7) is 0. The Hall–Kier alpha value is -2.53. The number of rotatable bonds is 3. The molecule has 3 aromatic rings. The first-order valence-corrected chi connectivity index (χ1v) is 6.91. The van der Waals surface area contributed by atoms with Crippen LogP contribution in [0.2, 0.25) is 5.02 Å². The SMILES string of the molecule is COc1ccc(-n2cnc3ccc(Cl)cc3c2=O)c(OC)c1. The molecule has 0 radical (unpaired) electrons. The summed E-state index contributed by atoms with van der Waals surface area (Å²) in [5.74, 6) is 1.16. The molecule has 0 N–H and O–H groups in total. The summed E-state index contributed by atoms with van der Waals surface area (Å²) in [4.78, 5) is 17.0. The highest BCUT2D eigenvalue weighted by Gasteiger charge is 2.11. The Kier molecular flexibility index (Phi) is 3.73. The van der Waals surface area contributed by atoms with Gasteiger partial charge >= 0.3 is 0 Å². The van der Waals surface area contributed by atoms with Crippen LogP contribution in [0.4, 0.5) is 0 Å². The van der Waals surface area contributed by atoms with E-state index < -0.39 is 0 Å². The molecule has 1 aromatic heterocycles. The minimum Gasteiger partial charge on any atom is -0.497 e. The lowest BCUT2D eigenvalue weighted by molar-refractivity contribution is 0.393. The fourth-order valence-corrected chi connectivity index (χ4v) is 2.42. The molecule has 22 heavy (non-hydrogen) atoms. The summed E-state index contributed by atoms with van der Waals surface area (Å²) in [5.41, 5.74) is 0.969. The quantitative estimate of drug-likeness (QED) is 0.745. The lowest BCUT2D eigenvalue weighted by atomic mass is 10.2. The van der Waals surface area contributed by atoms with Crippen molar-refractivity contribution in [3.63, 3.8) is 0 Å². The second-order valence-electron chi connectivity index (χ2n) is 4.62. The Morgan fingerprint density at radius 2 is 1.91 bits per heavy atom. The second-order valence-corrected chi connectivity index (χ2v) is 5.06. The maximum absolute atomic E-state index is 12.7. The molecule has 2 aromatic carbocycles. The van der Waals surface area contributed by atoms with Crippen molar-refractivity contribution >= 4 is 22.5 Å². The number of halogens is 1. The van der Waals surface area contributed by atoms with Crippen LogP contribution in [0.15, 0.2) is 47.5 Å². The van der Waals surface area contributed by atoms with Crippen molar-refractivity contribution in [1.82, 2.24) is 9.55 Å². The molecule has 112 valence electrons. The van der Waals surface area contributed by atoms with Crippen molar-refractivity contribution in [2.24, 2.45) is 0 Å². The highest BCUT2D eigenvalue weighted by molar-refractivity contribution is 6.31. The topological polar surface area (TPSA) is 53.4 Å². The number of nitrogens with zero attached hydrogens (tertiary/aromatic N) is 2. The van der Waals surface area contributed by atoms with Gasteiger partial charge in [-0.2, -0.15) is 0 Å². The third-order valence-electron chi connectivity index (χ3n) is 3.37. The van der Waals surface area contributed by atoms with Crippen LogP contribution in [0.5, 0.6) is 11.5 Å². The van der Waals surface area contributed by atoms with E-state index in [4.69, 9.17) is 21.1 Å². The first-order valence-electron chi connectivity index (χ1n) is 6.53. The standard InChI is InChI=1S/C16H13ClN2O3/c1-21-11-4-6-14(15(8-11)22-2)19-9-18-13-5-3-10(17)7-12(13)16(19)20/h3-9H,1-2H3. The van der Waals surface area contributed by atoms with Crippen molar-refractivity contribution in [2.45, 2.75) is 0 Å². The molecule has 0 aliphatic carbocycles. The summed E-state index contributed by atoms with van der Waals surface area (Å²) >= 11 is 5.97. The Morgan fingerprint density at radius 3 is 2.64 bits per heavy atom. The van der Waals surface area contributed by atoms with E-state index in [-0.39, 0.29) is 5.56 Å². The van der Waals surface area contributed by atoms with Gasteiger partial charge in [0.1, 0.15) is 17.8 Å². The number of hydrogen-bond acceptors (Lipinski definition) is 4. The molecular weight excluding hydrogens is 304 g/mol. The maximum atomic E-state index is 12.7. The number of aromatic nitrogens is 2. The largest absolute Gasteiger partial charge is 0.497 e. The van der Waals surface area contributed by atoms with Crippen molar-refractivity contribution in [1.29, 1.82) is 0 Å². The third-order valence-corrected chi connectivity index (χ3v) is 3.60. The monoisotopic (exact) mass is 316 g/mol. The molecule has 0 aliphatic heterocycles. The normalized spacial score (nSPS) is 10.7. The number of hydrogen-bond donors (Lipinski definition) is 0. The molecule has 1 heterocycles. The molecular formula is C16H13ClN2O3. The van der Waals surface area contributed by atoms with Gasteiger partial charge in [0.25, 0.3) is 5.56 Å². The molecule has 0 saturated heterocycles. The number of benzene rings is 2. The van der Waals surface area contributed by atoms with E-state index in [1.165, 1.54) is 18.0 Å². The molecule has 6 heteroatoms. The lowest BCUT2D eigenvalue weighted by Gasteiger charge is -2.12. The van der Waals surface area contributed by atoms with Gasteiger partial charge in [-0.25, -0.2) is 4.98 Å². The van der Waals surface area contributed by atoms with Gasteiger partial charge in [-0.05, 0) is 30.3 Å². The number of methoxy groups -OCH3 is 2. The maximum Gasteiger partial charge on any atom is 0.265 e. The molecule has 0 aliphatic rings. The molecule has 0 unspecified atom stereocenters. The average molecular weight is 317 g/mol. The van der Waals surface area contributed by atoms with Crippen molar-refractivity contribution in [3.05, 3.63) is 58.1 Å². The van der Waals surface area contributed by atoms with Crippen LogP contribution in [-0.4, -0.2) is 23.8 Å². The molecule has 0 amide bonds. The van der Waals surface area contributed by atoms with Gasteiger partial charge in [-0.15, -0.1) is 0 Å². The van der Waals surface area contributed by atoms with Crippen LogP contribution < -0.4 is 15.0 Å². The van der Waals surface area contributed by atoms with E-state index in [2.05, 4.69) is 4.98 Å². The van der Waals surface area contributed by atoms with Gasteiger partial charge in [0.05, 0.1) is 30.8 Å². The van der Waals surface area contributed by atoms with E-state index in [1.807, 2.05) is 0 Å². The first kappa shape index (κ1) is 14.4. The van der Waals surface area contributed by atoms with E-state index in [0.717, 1.165) is 0 Å². The lowest BCUT2D eigenvalue weighted by Crippen LogP contribution is -2.19. The summed E-state index contributed by atoms with van der Waals surface area (Å²) in [6.07, 6.45) is 1.48. The Bertz CT molecular complexity index is 906. The fourth-order valence-electron chi connectivity index (χ4n) is 2.25. The molecule has 0 bridgehead atoms. The number of fused-ring (bicyclic) bond motifs is 1. The molecule has 0 atom stereocenters. The van der Waals surface area contributed by atoms with Crippen LogP contribution >= 0.6 is 11.6 Å². The zero-order valence-electron chi connectivity index (χ0n) is 12.0. The van der Waals surface area contributed by atoms with Gasteiger partial charge in [0, 0.05) is 11.1 Å². The summed E-state index contributed by atoms with van der Waals surface area (Å²) in [6, 6.07) is 10.2. The first-order chi connectivity index (χ1) is 10.6. The van der Waals surface area contributed by atoms with Crippen LogP contribution in [-0.2, 0) is 0 Å². The van der Waals surface area contributed by atoms with Gasteiger partial charge in [0.15, 0.2) is 0 Å². The molecule has 3 rings (SSSR count). The zero-order chi connectivity index (χ0) is 15.7. The molecule has 0 saturated carbocycles. The molecule has 5 nitrogen and oxygen atoms in total. The van der Waals surface area contributed by atoms with Crippen molar-refractivity contribution in [2.75, 3.05) is 14.2 Å². The molecule has 0 spiro atoms. The van der Waals surface area contributed by atoms with E-state index in [9.17, 15) is 4.79 Å². The van der Waals surface area contributed by atoms with Crippen molar-refractivity contribution in [3.8, 4) is 17.2 Å². The Balaban J connectivity index is 2.26. The van der Waals surface area contributed by atoms with E-state index in [1.54, 1.807) is 43.5 Å². The van der Waals surface area contributed by atoms with Gasteiger partial charge < -0.3 is 9.47 Å². The Labute approximate surface area is 131 Å². The minimum absolute atomic E-state index is 0.212.